The van der Waals surface area contributed by atoms with Gasteiger partial charge in [-0.05, 0) is 39.8 Å². The predicted octanol–water partition coefficient (Wildman–Crippen LogP) is 7.66. The molecule has 0 spiro atoms. The number of rotatable bonds is 9. The first-order valence-electron chi connectivity index (χ1n) is 10.1. The maximum Gasteiger partial charge on any atom is 0.129 e. The zero-order valence-electron chi connectivity index (χ0n) is 18.6. The van der Waals surface area contributed by atoms with Crippen molar-refractivity contribution in [2.75, 3.05) is 6.54 Å². The second-order valence-corrected chi connectivity index (χ2v) is 21.5. The van der Waals surface area contributed by atoms with E-state index in [2.05, 4.69) is 94.2 Å². The Hall–Kier alpha value is 0.394. The van der Waals surface area contributed by atoms with Gasteiger partial charge in [0.25, 0.3) is 0 Å². The van der Waals surface area contributed by atoms with E-state index in [0.717, 1.165) is 33.2 Å². The van der Waals surface area contributed by atoms with E-state index in [-0.39, 0.29) is 0 Å². The van der Waals surface area contributed by atoms with E-state index >= 15 is 0 Å². The molecule has 0 radical (unpaired) electrons. The summed E-state index contributed by atoms with van der Waals surface area (Å²) >= 11 is 0. The Morgan fingerprint density at radius 1 is 0.478 bits per heavy atom. The molecule has 0 atom stereocenters. The Kier molecular flexibility index (Phi) is 8.81. The second-order valence-electron chi connectivity index (χ2n) is 9.45. The van der Waals surface area contributed by atoms with E-state index in [1.807, 2.05) is 0 Å². The highest BCUT2D eigenvalue weighted by Crippen LogP contribution is 2.53. The first-order chi connectivity index (χ1) is 10.4. The molecule has 140 valence electrons. The Balaban J connectivity index is 6.68. The molecule has 0 aromatic carbocycles. The maximum absolute atomic E-state index is 3.22. The highest BCUT2D eigenvalue weighted by molar-refractivity contribution is 6.96. The fourth-order valence-corrected chi connectivity index (χ4v) is 26.9. The van der Waals surface area contributed by atoms with Crippen LogP contribution in [-0.4, -0.2) is 27.2 Å². The van der Waals surface area contributed by atoms with Crippen molar-refractivity contribution >= 4 is 16.5 Å². The van der Waals surface area contributed by atoms with Crippen LogP contribution in [-0.2, 0) is 0 Å². The van der Waals surface area contributed by atoms with Gasteiger partial charge in [-0.2, -0.15) is 0 Å². The van der Waals surface area contributed by atoms with Crippen molar-refractivity contribution in [3.05, 3.63) is 0 Å². The van der Waals surface area contributed by atoms with Crippen molar-refractivity contribution in [1.29, 1.82) is 0 Å². The molecule has 0 aliphatic heterocycles. The van der Waals surface area contributed by atoms with Crippen LogP contribution in [0.25, 0.3) is 0 Å². The molecule has 0 N–H and O–H groups in total. The van der Waals surface area contributed by atoms with Gasteiger partial charge in [-0.1, -0.05) is 90.0 Å². The van der Waals surface area contributed by atoms with Crippen molar-refractivity contribution in [3.8, 4) is 0 Å². The zero-order valence-corrected chi connectivity index (χ0v) is 20.6. The molecule has 0 aliphatic carbocycles. The number of hydrogen-bond donors (Lipinski definition) is 0. The fourth-order valence-electron chi connectivity index (χ4n) is 6.75. The lowest BCUT2D eigenvalue weighted by Gasteiger charge is -2.62. The summed E-state index contributed by atoms with van der Waals surface area (Å²) in [5, 5.41) is 0. The Morgan fingerprint density at radius 3 is 0.739 bits per heavy atom. The van der Waals surface area contributed by atoms with E-state index in [1.54, 1.807) is 0 Å². The molecule has 0 heterocycles. The van der Waals surface area contributed by atoms with Crippen LogP contribution in [0.4, 0.5) is 0 Å². The summed E-state index contributed by atoms with van der Waals surface area (Å²) < 4.78 is 3.22. The van der Waals surface area contributed by atoms with Gasteiger partial charge >= 0.3 is 0 Å². The van der Waals surface area contributed by atoms with E-state index in [1.165, 1.54) is 6.54 Å². The van der Waals surface area contributed by atoms with E-state index in [0.29, 0.717) is 0 Å². The third kappa shape index (κ3) is 3.67. The van der Waals surface area contributed by atoms with Crippen LogP contribution in [0.3, 0.4) is 0 Å². The van der Waals surface area contributed by atoms with Crippen LogP contribution in [0.1, 0.15) is 90.0 Å². The molecule has 0 unspecified atom stereocenters. The lowest BCUT2D eigenvalue weighted by molar-refractivity contribution is 0.517. The van der Waals surface area contributed by atoms with Crippen molar-refractivity contribution in [1.82, 2.24) is 4.23 Å². The summed E-state index contributed by atoms with van der Waals surface area (Å²) in [4.78, 5) is 0. The van der Waals surface area contributed by atoms with Crippen LogP contribution in [0, 0.1) is 0 Å². The van der Waals surface area contributed by atoms with Gasteiger partial charge in [0.05, 0.1) is 0 Å². The minimum absolute atomic E-state index is 0.811. The summed E-state index contributed by atoms with van der Waals surface area (Å²) in [6.07, 6.45) is 0. The normalized spacial score (nSPS) is 14.6. The highest BCUT2D eigenvalue weighted by atomic mass is 28.4. The van der Waals surface area contributed by atoms with Crippen LogP contribution in [0.2, 0.25) is 33.2 Å². The van der Waals surface area contributed by atoms with Crippen LogP contribution >= 0.6 is 0 Å². The summed E-state index contributed by atoms with van der Waals surface area (Å²) in [5.41, 5.74) is 4.86. The topological polar surface area (TPSA) is 3.24 Å². The summed E-state index contributed by atoms with van der Waals surface area (Å²) in [5.74, 6) is 0. The van der Waals surface area contributed by atoms with Gasteiger partial charge in [-0.3, -0.25) is 0 Å². The molecule has 0 fully saturated rings. The molecule has 3 heteroatoms. The third-order valence-corrected chi connectivity index (χ3v) is 22.7. The summed E-state index contributed by atoms with van der Waals surface area (Å²) in [6, 6.07) is 0. The quantitative estimate of drug-likeness (QED) is 0.383. The Labute approximate surface area is 150 Å². The largest absolute Gasteiger partial charge is 0.344 e. The van der Waals surface area contributed by atoms with Crippen LogP contribution < -0.4 is 0 Å². The van der Waals surface area contributed by atoms with Crippen molar-refractivity contribution in [2.24, 2.45) is 0 Å². The van der Waals surface area contributed by atoms with Gasteiger partial charge in [0.15, 0.2) is 0 Å². The molecule has 0 amide bonds. The van der Waals surface area contributed by atoms with Crippen molar-refractivity contribution < 1.29 is 0 Å². The minimum Gasteiger partial charge on any atom is -0.344 e. The van der Waals surface area contributed by atoms with Gasteiger partial charge in [0.1, 0.15) is 16.5 Å². The lowest BCUT2D eigenvalue weighted by atomic mass is 10.5. The zero-order chi connectivity index (χ0) is 18.7. The maximum atomic E-state index is 3.22. The van der Waals surface area contributed by atoms with Crippen LogP contribution in [0.5, 0.6) is 0 Å². The SMILES string of the molecule is CCN([Si](C(C)C)(C(C)C)C(C)C)[Si](C(C)C)(C(C)C)C(C)C. The lowest BCUT2D eigenvalue weighted by Crippen LogP contribution is -2.73. The fraction of sp³-hybridized carbons (Fsp3) is 1.00. The molecule has 23 heavy (non-hydrogen) atoms. The molecule has 0 bridgehead atoms. The third-order valence-electron chi connectivity index (χ3n) is 6.80. The first kappa shape index (κ1) is 23.4. The molecule has 0 rings (SSSR count). The van der Waals surface area contributed by atoms with E-state index in [4.69, 9.17) is 0 Å². The molecular formula is C20H47NSi2. The van der Waals surface area contributed by atoms with Gasteiger partial charge in [-0.25, -0.2) is 0 Å². The minimum atomic E-state index is -1.59. The average Bonchev–Trinajstić information content (AvgIpc) is 2.35. The molecular weight excluding hydrogens is 310 g/mol. The highest BCUT2D eigenvalue weighted by Gasteiger charge is 2.58. The summed E-state index contributed by atoms with van der Waals surface area (Å²) in [6.45, 7) is 34.0. The number of hydrogen-bond acceptors (Lipinski definition) is 1. The van der Waals surface area contributed by atoms with Crippen LogP contribution in [0.15, 0.2) is 0 Å². The molecule has 0 aromatic rings. The van der Waals surface area contributed by atoms with Gasteiger partial charge in [-0.15, -0.1) is 0 Å². The smallest absolute Gasteiger partial charge is 0.129 e. The Bertz CT molecular complexity index is 270. The Morgan fingerprint density at radius 2 is 0.652 bits per heavy atom. The van der Waals surface area contributed by atoms with E-state index < -0.39 is 16.5 Å². The monoisotopic (exact) mass is 357 g/mol. The van der Waals surface area contributed by atoms with Gasteiger partial charge in [0.2, 0.25) is 0 Å². The van der Waals surface area contributed by atoms with Gasteiger partial charge in [0, 0.05) is 0 Å². The van der Waals surface area contributed by atoms with Crippen molar-refractivity contribution in [3.63, 3.8) is 0 Å². The van der Waals surface area contributed by atoms with Crippen molar-refractivity contribution in [2.45, 2.75) is 123 Å². The van der Waals surface area contributed by atoms with Gasteiger partial charge < -0.3 is 4.23 Å². The predicted molar refractivity (Wildman–Crippen MR) is 114 cm³/mol. The molecule has 0 saturated heterocycles. The standard InChI is InChI=1S/C20H47NSi2/c1-14-21(22(15(2)3,16(4)5)17(6)7)23(18(8)9,19(10)11)20(12)13/h15-20H,14H2,1-13H3. The molecule has 0 aromatic heterocycles. The van der Waals surface area contributed by atoms with E-state index in [9.17, 15) is 0 Å². The summed E-state index contributed by atoms with van der Waals surface area (Å²) in [7, 11) is -3.17. The second kappa shape index (κ2) is 8.66. The number of nitrogens with zero attached hydrogens (tertiary/aromatic N) is 1. The molecule has 1 nitrogen and oxygen atoms in total. The first-order valence-corrected chi connectivity index (χ1v) is 14.5. The molecule has 0 saturated carbocycles. The average molecular weight is 358 g/mol. The molecule has 0 aliphatic rings.